The van der Waals surface area contributed by atoms with Gasteiger partial charge in [0.25, 0.3) is 10.0 Å². The third-order valence-electron chi connectivity index (χ3n) is 5.25. The molecule has 2 aromatic heterocycles. The van der Waals surface area contributed by atoms with Gasteiger partial charge in [-0.2, -0.15) is 13.2 Å². The molecule has 4 rings (SSSR count). The number of pyridine rings is 1. The fraction of sp³-hybridized carbons (Fsp3) is 0.174. The Morgan fingerprint density at radius 2 is 1.88 bits per heavy atom. The molecule has 4 aromatic rings. The number of nitrogens with zero attached hydrogens (tertiary/aromatic N) is 2. The minimum absolute atomic E-state index is 0.00493. The first-order valence-electron chi connectivity index (χ1n) is 9.90. The standard InChI is InChI=1S/C23H19ClF3N3O2S/c1-28-12-17-14-30(33(31,32)19-3-2-8-29-13-19)22-10-15(4-7-20(17)22)9-16-5-6-18(24)11-21(16)23(25,26)27/h2-8,10-11,13-14,28H,9,12H2,1H3. The van der Waals surface area contributed by atoms with Crippen molar-refractivity contribution in [2.45, 2.75) is 24.0 Å². The number of aromatic nitrogens is 2. The van der Waals surface area contributed by atoms with E-state index in [1.807, 2.05) is 0 Å². The lowest BCUT2D eigenvalue weighted by atomic mass is 9.98. The van der Waals surface area contributed by atoms with Crippen LogP contribution in [0.1, 0.15) is 22.3 Å². The lowest BCUT2D eigenvalue weighted by Gasteiger charge is -2.14. The largest absolute Gasteiger partial charge is 0.416 e. The van der Waals surface area contributed by atoms with Gasteiger partial charge in [-0.1, -0.05) is 29.8 Å². The normalized spacial score (nSPS) is 12.4. The molecule has 0 aliphatic carbocycles. The molecular formula is C23H19ClF3N3O2S. The fourth-order valence-electron chi connectivity index (χ4n) is 3.75. The van der Waals surface area contributed by atoms with Crippen LogP contribution >= 0.6 is 11.6 Å². The van der Waals surface area contributed by atoms with Crippen LogP contribution in [0.4, 0.5) is 13.2 Å². The molecule has 5 nitrogen and oxygen atoms in total. The van der Waals surface area contributed by atoms with E-state index in [1.165, 1.54) is 42.9 Å². The van der Waals surface area contributed by atoms with Gasteiger partial charge in [0.2, 0.25) is 0 Å². The van der Waals surface area contributed by atoms with Crippen molar-refractivity contribution in [1.82, 2.24) is 14.3 Å². The van der Waals surface area contributed by atoms with Crippen LogP contribution in [0.3, 0.4) is 0 Å². The highest BCUT2D eigenvalue weighted by Crippen LogP contribution is 2.35. The Morgan fingerprint density at radius 1 is 1.09 bits per heavy atom. The number of hydrogen-bond donors (Lipinski definition) is 1. The van der Waals surface area contributed by atoms with Crippen molar-refractivity contribution in [2.75, 3.05) is 7.05 Å². The van der Waals surface area contributed by atoms with Crippen LogP contribution in [0, 0.1) is 0 Å². The molecule has 2 heterocycles. The summed E-state index contributed by atoms with van der Waals surface area (Å²) in [6.45, 7) is 0.417. The summed E-state index contributed by atoms with van der Waals surface area (Å²) in [6, 6.07) is 11.7. The highest BCUT2D eigenvalue weighted by atomic mass is 35.5. The Hall–Kier alpha value is -2.88. The first kappa shape index (κ1) is 23.3. The van der Waals surface area contributed by atoms with Crippen molar-refractivity contribution in [1.29, 1.82) is 0 Å². The van der Waals surface area contributed by atoms with Crippen molar-refractivity contribution in [3.63, 3.8) is 0 Å². The molecule has 172 valence electrons. The molecule has 0 aliphatic rings. The molecule has 1 N–H and O–H groups in total. The third kappa shape index (κ3) is 4.62. The first-order valence-corrected chi connectivity index (χ1v) is 11.7. The number of benzene rings is 2. The van der Waals surface area contributed by atoms with E-state index >= 15 is 0 Å². The molecule has 0 unspecified atom stereocenters. The maximum Gasteiger partial charge on any atom is 0.416 e. The molecule has 10 heteroatoms. The third-order valence-corrected chi connectivity index (χ3v) is 7.14. The van der Waals surface area contributed by atoms with E-state index in [2.05, 4.69) is 10.3 Å². The van der Waals surface area contributed by atoms with Crippen LogP contribution < -0.4 is 5.32 Å². The zero-order valence-corrected chi connectivity index (χ0v) is 19.0. The zero-order valence-electron chi connectivity index (χ0n) is 17.4. The molecule has 0 aliphatic heterocycles. The van der Waals surface area contributed by atoms with Crippen molar-refractivity contribution in [3.05, 3.63) is 94.4 Å². The fourth-order valence-corrected chi connectivity index (χ4v) is 5.27. The number of halogens is 4. The van der Waals surface area contributed by atoms with Gasteiger partial charge >= 0.3 is 6.18 Å². The summed E-state index contributed by atoms with van der Waals surface area (Å²) in [7, 11) is -2.22. The number of rotatable bonds is 6. The van der Waals surface area contributed by atoms with Crippen LogP contribution in [0.15, 0.2) is 72.0 Å². The van der Waals surface area contributed by atoms with Gasteiger partial charge < -0.3 is 5.32 Å². The Balaban J connectivity index is 1.85. The quantitative estimate of drug-likeness (QED) is 0.398. The summed E-state index contributed by atoms with van der Waals surface area (Å²) in [6.07, 6.45) is -0.347. The summed E-state index contributed by atoms with van der Waals surface area (Å²) in [4.78, 5) is 3.90. The molecule has 0 radical (unpaired) electrons. The maximum atomic E-state index is 13.5. The van der Waals surface area contributed by atoms with Crippen LogP contribution in [-0.2, 0) is 29.2 Å². The monoisotopic (exact) mass is 493 g/mol. The van der Waals surface area contributed by atoms with E-state index in [0.717, 1.165) is 15.6 Å². The van der Waals surface area contributed by atoms with Gasteiger partial charge in [-0.05, 0) is 60.5 Å². The number of nitrogens with one attached hydrogen (secondary N) is 1. The molecule has 0 fully saturated rings. The number of fused-ring (bicyclic) bond motifs is 1. The van der Waals surface area contributed by atoms with E-state index in [1.54, 1.807) is 25.2 Å². The van der Waals surface area contributed by atoms with E-state index < -0.39 is 21.8 Å². The number of alkyl halides is 3. The van der Waals surface area contributed by atoms with Gasteiger partial charge in [0.05, 0.1) is 11.1 Å². The van der Waals surface area contributed by atoms with E-state index in [9.17, 15) is 21.6 Å². The summed E-state index contributed by atoms with van der Waals surface area (Å²) in [5, 5.41) is 3.69. The number of hydrogen-bond acceptors (Lipinski definition) is 4. The Kier molecular flexibility index (Phi) is 6.22. The smallest absolute Gasteiger partial charge is 0.316 e. The second kappa shape index (κ2) is 8.81. The Bertz CT molecular complexity index is 1420. The van der Waals surface area contributed by atoms with Crippen molar-refractivity contribution in [2.24, 2.45) is 0 Å². The summed E-state index contributed by atoms with van der Waals surface area (Å²) >= 11 is 5.78. The molecule has 2 aromatic carbocycles. The van der Waals surface area contributed by atoms with Crippen LogP contribution in [0.2, 0.25) is 5.02 Å². The zero-order chi connectivity index (χ0) is 23.8. The molecule has 0 atom stereocenters. The van der Waals surface area contributed by atoms with Gasteiger partial charge in [-0.25, -0.2) is 12.4 Å². The minimum Gasteiger partial charge on any atom is -0.316 e. The lowest BCUT2D eigenvalue weighted by molar-refractivity contribution is -0.138. The van der Waals surface area contributed by atoms with Crippen LogP contribution in [0.25, 0.3) is 10.9 Å². The molecule has 0 spiro atoms. The predicted molar refractivity (Wildman–Crippen MR) is 121 cm³/mol. The topological polar surface area (TPSA) is 64.0 Å². The highest BCUT2D eigenvalue weighted by molar-refractivity contribution is 7.90. The van der Waals surface area contributed by atoms with Gasteiger partial charge in [-0.15, -0.1) is 0 Å². The average Bonchev–Trinajstić information content (AvgIpc) is 3.14. The van der Waals surface area contributed by atoms with Crippen molar-refractivity contribution >= 4 is 32.5 Å². The molecule has 0 saturated heterocycles. The Labute approximate surface area is 193 Å². The molecular weight excluding hydrogens is 475 g/mol. The van der Waals surface area contributed by atoms with Gasteiger partial charge in [0, 0.05) is 35.5 Å². The Morgan fingerprint density at radius 3 is 2.55 bits per heavy atom. The maximum absolute atomic E-state index is 13.5. The molecule has 0 amide bonds. The predicted octanol–water partition coefficient (Wildman–Crippen LogP) is 5.26. The van der Waals surface area contributed by atoms with Crippen molar-refractivity contribution < 1.29 is 21.6 Å². The van der Waals surface area contributed by atoms with E-state index in [0.29, 0.717) is 23.0 Å². The van der Waals surface area contributed by atoms with Gasteiger partial charge in [0.15, 0.2) is 0 Å². The highest BCUT2D eigenvalue weighted by Gasteiger charge is 2.33. The van der Waals surface area contributed by atoms with E-state index in [-0.39, 0.29) is 21.9 Å². The molecule has 0 saturated carbocycles. The minimum atomic E-state index is -4.56. The van der Waals surface area contributed by atoms with Crippen molar-refractivity contribution in [3.8, 4) is 0 Å². The molecule has 0 bridgehead atoms. The van der Waals surface area contributed by atoms with Gasteiger partial charge in [0.1, 0.15) is 4.90 Å². The van der Waals surface area contributed by atoms with E-state index in [4.69, 9.17) is 11.6 Å². The summed E-state index contributed by atoms with van der Waals surface area (Å²) in [5.74, 6) is 0. The van der Waals surface area contributed by atoms with Gasteiger partial charge in [-0.3, -0.25) is 4.98 Å². The second-order valence-electron chi connectivity index (χ2n) is 7.50. The van der Waals surface area contributed by atoms with Crippen LogP contribution in [-0.4, -0.2) is 24.4 Å². The lowest BCUT2D eigenvalue weighted by Crippen LogP contribution is -2.12. The summed E-state index contributed by atoms with van der Waals surface area (Å²) in [5.41, 5.74) is 0.893. The summed E-state index contributed by atoms with van der Waals surface area (Å²) < 4.78 is 68.3. The van der Waals surface area contributed by atoms with Crippen LogP contribution in [0.5, 0.6) is 0 Å². The second-order valence-corrected chi connectivity index (χ2v) is 9.75. The first-order chi connectivity index (χ1) is 15.6. The average molecular weight is 494 g/mol. The molecule has 33 heavy (non-hydrogen) atoms. The SMILES string of the molecule is CNCc1cn(S(=O)(=O)c2cccnc2)c2cc(Cc3ccc(Cl)cc3C(F)(F)F)ccc12.